The summed E-state index contributed by atoms with van der Waals surface area (Å²) >= 11 is 3.59. The number of hydrogen-bond donors (Lipinski definition) is 1. The number of ether oxygens (including phenoxy) is 3. The predicted octanol–water partition coefficient (Wildman–Crippen LogP) is 4.33. The van der Waals surface area contributed by atoms with Gasteiger partial charge in [0.1, 0.15) is 0 Å². The summed E-state index contributed by atoms with van der Waals surface area (Å²) in [4.78, 5) is 0. The molecule has 2 aromatic carbocycles. The zero-order chi connectivity index (χ0) is 16.8. The fourth-order valence-corrected chi connectivity index (χ4v) is 3.13. The van der Waals surface area contributed by atoms with Crippen LogP contribution in [-0.2, 0) is 6.54 Å². The van der Waals surface area contributed by atoms with E-state index in [1.165, 1.54) is 5.56 Å². The highest BCUT2D eigenvalue weighted by Crippen LogP contribution is 2.39. The summed E-state index contributed by atoms with van der Waals surface area (Å²) in [7, 11) is 4.86. The summed E-state index contributed by atoms with van der Waals surface area (Å²) in [5.74, 6) is 1.97. The molecule has 0 fully saturated rings. The average Bonchev–Trinajstić information content (AvgIpc) is 2.58. The van der Waals surface area contributed by atoms with Gasteiger partial charge in [-0.05, 0) is 24.6 Å². The van der Waals surface area contributed by atoms with Gasteiger partial charge in [0.2, 0.25) is 5.75 Å². The van der Waals surface area contributed by atoms with Crippen molar-refractivity contribution >= 4 is 15.9 Å². The Morgan fingerprint density at radius 3 is 2.26 bits per heavy atom. The maximum atomic E-state index is 5.52. The summed E-state index contributed by atoms with van der Waals surface area (Å²) in [5.41, 5.74) is 2.23. The lowest BCUT2D eigenvalue weighted by Crippen LogP contribution is -2.19. The van der Waals surface area contributed by atoms with Crippen LogP contribution in [0, 0.1) is 0 Å². The first-order valence-corrected chi connectivity index (χ1v) is 8.17. The topological polar surface area (TPSA) is 39.7 Å². The first kappa shape index (κ1) is 17.6. The number of benzene rings is 2. The molecule has 0 spiro atoms. The van der Waals surface area contributed by atoms with Crippen LogP contribution < -0.4 is 19.5 Å². The maximum absolute atomic E-state index is 5.52. The van der Waals surface area contributed by atoms with Gasteiger partial charge >= 0.3 is 0 Å². The minimum absolute atomic E-state index is 0.198. The standard InChI is InChI=1S/C18H22BrNO3/c1-12(14-7-5-6-8-15(14)19)20-11-13-9-10-16(21-2)18(23-4)17(13)22-3/h5-10,12,20H,11H2,1-4H3. The zero-order valence-electron chi connectivity index (χ0n) is 13.9. The summed E-state index contributed by atoms with van der Waals surface area (Å²) in [5, 5.41) is 3.51. The van der Waals surface area contributed by atoms with Crippen LogP contribution in [0.15, 0.2) is 40.9 Å². The van der Waals surface area contributed by atoms with Crippen LogP contribution in [0.3, 0.4) is 0 Å². The lowest BCUT2D eigenvalue weighted by molar-refractivity contribution is 0.321. The molecule has 0 radical (unpaired) electrons. The summed E-state index contributed by atoms with van der Waals surface area (Å²) in [6.07, 6.45) is 0. The van der Waals surface area contributed by atoms with Crippen molar-refractivity contribution in [2.24, 2.45) is 0 Å². The van der Waals surface area contributed by atoms with Gasteiger partial charge < -0.3 is 19.5 Å². The van der Waals surface area contributed by atoms with Gasteiger partial charge in [0, 0.05) is 22.6 Å². The fourth-order valence-electron chi connectivity index (χ4n) is 2.50. The highest BCUT2D eigenvalue weighted by Gasteiger charge is 2.16. The van der Waals surface area contributed by atoms with Gasteiger partial charge in [-0.2, -0.15) is 0 Å². The Balaban J connectivity index is 2.19. The second-order valence-corrected chi connectivity index (χ2v) is 5.97. The van der Waals surface area contributed by atoms with Gasteiger partial charge in [-0.25, -0.2) is 0 Å². The molecule has 0 aliphatic heterocycles. The maximum Gasteiger partial charge on any atom is 0.203 e. The van der Waals surface area contributed by atoms with E-state index in [1.807, 2.05) is 30.3 Å². The van der Waals surface area contributed by atoms with Gasteiger partial charge in [-0.15, -0.1) is 0 Å². The summed E-state index contributed by atoms with van der Waals surface area (Å²) < 4.78 is 17.4. The molecule has 0 heterocycles. The van der Waals surface area contributed by atoms with Crippen molar-refractivity contribution in [2.75, 3.05) is 21.3 Å². The van der Waals surface area contributed by atoms with Gasteiger partial charge in [-0.1, -0.05) is 40.2 Å². The van der Waals surface area contributed by atoms with E-state index in [0.717, 1.165) is 10.0 Å². The van der Waals surface area contributed by atoms with E-state index in [1.54, 1.807) is 21.3 Å². The molecule has 124 valence electrons. The zero-order valence-corrected chi connectivity index (χ0v) is 15.4. The molecule has 0 aliphatic carbocycles. The van der Waals surface area contributed by atoms with Crippen molar-refractivity contribution in [2.45, 2.75) is 19.5 Å². The third-order valence-electron chi connectivity index (χ3n) is 3.76. The Hall–Kier alpha value is -1.72. The van der Waals surface area contributed by atoms with Gasteiger partial charge in [-0.3, -0.25) is 0 Å². The Morgan fingerprint density at radius 1 is 0.957 bits per heavy atom. The van der Waals surface area contributed by atoms with Gasteiger partial charge in [0.05, 0.1) is 21.3 Å². The number of methoxy groups -OCH3 is 3. The smallest absolute Gasteiger partial charge is 0.203 e. The van der Waals surface area contributed by atoms with E-state index in [2.05, 4.69) is 34.2 Å². The van der Waals surface area contributed by atoms with Crippen LogP contribution in [0.2, 0.25) is 0 Å². The van der Waals surface area contributed by atoms with E-state index < -0.39 is 0 Å². The highest BCUT2D eigenvalue weighted by molar-refractivity contribution is 9.10. The van der Waals surface area contributed by atoms with Crippen molar-refractivity contribution < 1.29 is 14.2 Å². The summed E-state index contributed by atoms with van der Waals surface area (Å²) in [6.45, 7) is 2.79. The fraction of sp³-hybridized carbons (Fsp3) is 0.333. The SMILES string of the molecule is COc1ccc(CNC(C)c2ccccc2Br)c(OC)c1OC. The molecule has 0 aliphatic rings. The number of rotatable bonds is 7. The van der Waals surface area contributed by atoms with E-state index in [-0.39, 0.29) is 6.04 Å². The number of halogens is 1. The predicted molar refractivity (Wildman–Crippen MR) is 95.5 cm³/mol. The lowest BCUT2D eigenvalue weighted by atomic mass is 10.1. The Bertz CT molecular complexity index is 661. The Morgan fingerprint density at radius 2 is 1.65 bits per heavy atom. The number of hydrogen-bond acceptors (Lipinski definition) is 4. The van der Waals surface area contributed by atoms with E-state index >= 15 is 0 Å². The van der Waals surface area contributed by atoms with Crippen LogP contribution in [-0.4, -0.2) is 21.3 Å². The minimum atomic E-state index is 0.198. The monoisotopic (exact) mass is 379 g/mol. The molecular formula is C18H22BrNO3. The second-order valence-electron chi connectivity index (χ2n) is 5.12. The molecular weight excluding hydrogens is 358 g/mol. The van der Waals surface area contributed by atoms with Crippen molar-refractivity contribution in [3.8, 4) is 17.2 Å². The molecule has 2 aromatic rings. The van der Waals surface area contributed by atoms with Crippen molar-refractivity contribution in [3.63, 3.8) is 0 Å². The Kier molecular flexibility index (Phi) is 6.30. The molecule has 0 aromatic heterocycles. The van der Waals surface area contributed by atoms with Crippen LogP contribution in [0.4, 0.5) is 0 Å². The molecule has 0 amide bonds. The second kappa shape index (κ2) is 8.22. The molecule has 0 saturated heterocycles. The molecule has 0 saturated carbocycles. The largest absolute Gasteiger partial charge is 0.493 e. The third-order valence-corrected chi connectivity index (χ3v) is 4.48. The van der Waals surface area contributed by atoms with E-state index in [4.69, 9.17) is 14.2 Å². The van der Waals surface area contributed by atoms with Crippen molar-refractivity contribution in [1.29, 1.82) is 0 Å². The van der Waals surface area contributed by atoms with Crippen LogP contribution in [0.5, 0.6) is 17.2 Å². The minimum Gasteiger partial charge on any atom is -0.493 e. The lowest BCUT2D eigenvalue weighted by Gasteiger charge is -2.19. The van der Waals surface area contributed by atoms with Crippen molar-refractivity contribution in [1.82, 2.24) is 5.32 Å². The molecule has 0 bridgehead atoms. The van der Waals surface area contributed by atoms with Crippen molar-refractivity contribution in [3.05, 3.63) is 52.0 Å². The molecule has 23 heavy (non-hydrogen) atoms. The normalized spacial score (nSPS) is 11.9. The van der Waals surface area contributed by atoms with Crippen LogP contribution in [0.1, 0.15) is 24.1 Å². The van der Waals surface area contributed by atoms with Gasteiger partial charge in [0.25, 0.3) is 0 Å². The quantitative estimate of drug-likeness (QED) is 0.777. The summed E-state index contributed by atoms with van der Waals surface area (Å²) in [6, 6.07) is 12.3. The van der Waals surface area contributed by atoms with Crippen LogP contribution in [0.25, 0.3) is 0 Å². The average molecular weight is 380 g/mol. The molecule has 1 unspecified atom stereocenters. The third kappa shape index (κ3) is 3.98. The molecule has 4 nitrogen and oxygen atoms in total. The van der Waals surface area contributed by atoms with E-state index in [0.29, 0.717) is 23.8 Å². The first-order chi connectivity index (χ1) is 11.1. The number of nitrogens with one attached hydrogen (secondary N) is 1. The van der Waals surface area contributed by atoms with Crippen LogP contribution >= 0.6 is 15.9 Å². The molecule has 1 atom stereocenters. The highest BCUT2D eigenvalue weighted by atomic mass is 79.9. The van der Waals surface area contributed by atoms with Gasteiger partial charge in [0.15, 0.2) is 11.5 Å². The Labute approximate surface area is 145 Å². The molecule has 2 rings (SSSR count). The molecule has 5 heteroatoms. The molecule has 1 N–H and O–H groups in total. The first-order valence-electron chi connectivity index (χ1n) is 7.38. The van der Waals surface area contributed by atoms with E-state index in [9.17, 15) is 0 Å².